The van der Waals surface area contributed by atoms with Gasteiger partial charge in [-0.3, -0.25) is 10.1 Å². The predicted molar refractivity (Wildman–Crippen MR) is 61.9 cm³/mol. The molecule has 1 heterocycles. The van der Waals surface area contributed by atoms with Crippen LogP contribution in [0, 0.1) is 5.82 Å². The number of anilines is 1. The lowest BCUT2D eigenvalue weighted by atomic mass is 10.2. The topological polar surface area (TPSA) is 67.8 Å². The molecule has 0 saturated heterocycles. The van der Waals surface area contributed by atoms with Crippen molar-refractivity contribution >= 4 is 27.8 Å². The molecule has 7 heteroatoms. The highest BCUT2D eigenvalue weighted by Crippen LogP contribution is 2.20. The lowest BCUT2D eigenvalue weighted by Gasteiger charge is -2.04. The highest BCUT2D eigenvalue weighted by Gasteiger charge is 2.13. The number of aromatic nitrogens is 3. The van der Waals surface area contributed by atoms with Crippen molar-refractivity contribution in [1.82, 2.24) is 15.2 Å². The van der Waals surface area contributed by atoms with Crippen LogP contribution in [0.1, 0.15) is 10.4 Å². The Bertz CT molecular complexity index is 549. The van der Waals surface area contributed by atoms with Gasteiger partial charge in [0.2, 0.25) is 5.95 Å². The molecule has 0 fully saturated rings. The van der Waals surface area contributed by atoms with Crippen LogP contribution in [0.5, 0.6) is 0 Å². The number of nitrogens with one attached hydrogen (secondary N) is 1. The Morgan fingerprint density at radius 2 is 2.18 bits per heavy atom. The molecular weight excluding hydrogens is 291 g/mol. The third-order valence-corrected chi connectivity index (χ3v) is 2.71. The molecule has 0 aliphatic carbocycles. The van der Waals surface area contributed by atoms with Gasteiger partial charge in [-0.1, -0.05) is 6.07 Å². The highest BCUT2D eigenvalue weighted by molar-refractivity contribution is 9.10. The fourth-order valence-corrected chi connectivity index (χ4v) is 1.60. The van der Waals surface area contributed by atoms with E-state index in [1.54, 1.807) is 0 Å². The molecule has 1 amide bonds. The van der Waals surface area contributed by atoms with E-state index < -0.39 is 11.7 Å². The third-order valence-electron chi connectivity index (χ3n) is 1.90. The first kappa shape index (κ1) is 11.6. The number of amides is 1. The number of carbonyl (C=O) groups excluding carboxylic acids is 1. The van der Waals surface area contributed by atoms with Gasteiger partial charge in [0.15, 0.2) is 0 Å². The SMILES string of the molecule is O=C(Nc1nccnn1)c1cccc(F)c1Br. The summed E-state index contributed by atoms with van der Waals surface area (Å²) in [5.41, 5.74) is 0.164. The first-order valence-electron chi connectivity index (χ1n) is 4.57. The van der Waals surface area contributed by atoms with E-state index in [4.69, 9.17) is 0 Å². The number of nitrogens with zero attached hydrogens (tertiary/aromatic N) is 3. The summed E-state index contributed by atoms with van der Waals surface area (Å²) in [4.78, 5) is 15.6. The van der Waals surface area contributed by atoms with Crippen molar-refractivity contribution in [3.05, 3.63) is 46.4 Å². The van der Waals surface area contributed by atoms with Gasteiger partial charge < -0.3 is 0 Å². The summed E-state index contributed by atoms with van der Waals surface area (Å²) in [5.74, 6) is -0.956. The fourth-order valence-electron chi connectivity index (χ4n) is 1.15. The molecule has 0 spiro atoms. The minimum Gasteiger partial charge on any atom is -0.289 e. The van der Waals surface area contributed by atoms with Crippen LogP contribution in [-0.4, -0.2) is 21.1 Å². The molecule has 0 radical (unpaired) electrons. The maximum atomic E-state index is 13.2. The second kappa shape index (κ2) is 4.96. The number of hydrogen-bond acceptors (Lipinski definition) is 4. The third kappa shape index (κ3) is 2.62. The van der Waals surface area contributed by atoms with Gasteiger partial charge in [0, 0.05) is 0 Å². The molecule has 86 valence electrons. The number of carbonyl (C=O) groups is 1. The van der Waals surface area contributed by atoms with Gasteiger partial charge >= 0.3 is 0 Å². The van der Waals surface area contributed by atoms with E-state index in [-0.39, 0.29) is 16.0 Å². The molecule has 0 aliphatic heterocycles. The maximum absolute atomic E-state index is 13.2. The van der Waals surface area contributed by atoms with Crippen molar-refractivity contribution in [2.45, 2.75) is 0 Å². The Balaban J connectivity index is 2.24. The maximum Gasteiger partial charge on any atom is 0.259 e. The van der Waals surface area contributed by atoms with Gasteiger partial charge in [-0.2, -0.15) is 5.10 Å². The Kier molecular flexibility index (Phi) is 3.38. The van der Waals surface area contributed by atoms with E-state index in [1.807, 2.05) is 0 Å². The van der Waals surface area contributed by atoms with Crippen LogP contribution in [0.2, 0.25) is 0 Å². The first-order chi connectivity index (χ1) is 8.18. The van der Waals surface area contributed by atoms with Crippen molar-refractivity contribution < 1.29 is 9.18 Å². The Morgan fingerprint density at radius 1 is 1.35 bits per heavy atom. The highest BCUT2D eigenvalue weighted by atomic mass is 79.9. The molecule has 2 rings (SSSR count). The zero-order valence-corrected chi connectivity index (χ0v) is 9.98. The zero-order valence-electron chi connectivity index (χ0n) is 8.39. The molecule has 1 aromatic carbocycles. The van der Waals surface area contributed by atoms with Crippen molar-refractivity contribution in [3.63, 3.8) is 0 Å². The monoisotopic (exact) mass is 296 g/mol. The average molecular weight is 297 g/mol. The van der Waals surface area contributed by atoms with Gasteiger partial charge in [0.05, 0.1) is 22.4 Å². The van der Waals surface area contributed by atoms with E-state index in [9.17, 15) is 9.18 Å². The summed E-state index contributed by atoms with van der Waals surface area (Å²) in [6.07, 6.45) is 2.77. The summed E-state index contributed by atoms with van der Waals surface area (Å²) >= 11 is 3.00. The molecule has 0 bridgehead atoms. The van der Waals surface area contributed by atoms with E-state index in [2.05, 4.69) is 36.4 Å². The van der Waals surface area contributed by atoms with Gasteiger partial charge in [0.25, 0.3) is 5.91 Å². The van der Waals surface area contributed by atoms with E-state index in [0.717, 1.165) is 0 Å². The van der Waals surface area contributed by atoms with Crippen molar-refractivity contribution in [2.24, 2.45) is 0 Å². The van der Waals surface area contributed by atoms with Gasteiger partial charge in [-0.25, -0.2) is 9.37 Å². The van der Waals surface area contributed by atoms with Crippen LogP contribution in [0.15, 0.2) is 35.1 Å². The molecule has 0 unspecified atom stereocenters. The second-order valence-electron chi connectivity index (χ2n) is 3.02. The number of halogens is 2. The molecule has 0 saturated carbocycles. The fraction of sp³-hybridized carbons (Fsp3) is 0. The summed E-state index contributed by atoms with van der Waals surface area (Å²) in [6, 6.07) is 4.18. The Morgan fingerprint density at radius 3 is 2.88 bits per heavy atom. The van der Waals surface area contributed by atoms with Crippen LogP contribution >= 0.6 is 15.9 Å². The van der Waals surface area contributed by atoms with Crippen molar-refractivity contribution in [1.29, 1.82) is 0 Å². The van der Waals surface area contributed by atoms with Crippen LogP contribution < -0.4 is 5.32 Å². The van der Waals surface area contributed by atoms with Gasteiger partial charge in [-0.05, 0) is 28.1 Å². The minimum absolute atomic E-state index is 0.0636. The number of rotatable bonds is 2. The molecule has 5 nitrogen and oxygen atoms in total. The molecule has 2 aromatic rings. The summed E-state index contributed by atoms with van der Waals surface area (Å²) in [7, 11) is 0. The normalized spacial score (nSPS) is 10.0. The first-order valence-corrected chi connectivity index (χ1v) is 5.37. The lowest BCUT2D eigenvalue weighted by molar-refractivity contribution is 0.102. The minimum atomic E-state index is -0.510. The molecule has 1 aromatic heterocycles. The molecule has 17 heavy (non-hydrogen) atoms. The number of benzene rings is 1. The summed E-state index contributed by atoms with van der Waals surface area (Å²) < 4.78 is 13.3. The van der Waals surface area contributed by atoms with E-state index >= 15 is 0 Å². The lowest BCUT2D eigenvalue weighted by Crippen LogP contribution is -2.15. The van der Waals surface area contributed by atoms with Crippen molar-refractivity contribution in [3.8, 4) is 0 Å². The Hall–Kier alpha value is -1.89. The van der Waals surface area contributed by atoms with Crippen LogP contribution in [0.4, 0.5) is 10.3 Å². The quantitative estimate of drug-likeness (QED) is 0.921. The molecule has 0 atom stereocenters. The summed E-state index contributed by atoms with van der Waals surface area (Å²) in [5, 5.41) is 9.56. The van der Waals surface area contributed by atoms with Crippen LogP contribution in [0.3, 0.4) is 0 Å². The molecular formula is C10H6BrFN4O. The second-order valence-corrected chi connectivity index (χ2v) is 3.81. The zero-order chi connectivity index (χ0) is 12.3. The molecule has 0 aliphatic rings. The summed E-state index contributed by atoms with van der Waals surface area (Å²) in [6.45, 7) is 0. The standard InChI is InChI=1S/C10H6BrFN4O/c11-8-6(2-1-3-7(8)12)9(17)15-10-13-4-5-14-16-10/h1-5H,(H,13,15,16,17). The smallest absolute Gasteiger partial charge is 0.259 e. The van der Waals surface area contributed by atoms with Crippen LogP contribution in [-0.2, 0) is 0 Å². The number of hydrogen-bond donors (Lipinski definition) is 1. The van der Waals surface area contributed by atoms with E-state index in [1.165, 1.54) is 30.6 Å². The largest absolute Gasteiger partial charge is 0.289 e. The predicted octanol–water partition coefficient (Wildman–Crippen LogP) is 2.03. The Labute approximate surface area is 104 Å². The van der Waals surface area contributed by atoms with Crippen molar-refractivity contribution in [2.75, 3.05) is 5.32 Å². The average Bonchev–Trinajstić information content (AvgIpc) is 2.34. The van der Waals surface area contributed by atoms with Crippen LogP contribution in [0.25, 0.3) is 0 Å². The van der Waals surface area contributed by atoms with E-state index in [0.29, 0.717) is 0 Å². The van der Waals surface area contributed by atoms with Gasteiger partial charge in [0.1, 0.15) is 5.82 Å². The molecule has 1 N–H and O–H groups in total. The van der Waals surface area contributed by atoms with Gasteiger partial charge in [-0.15, -0.1) is 5.10 Å².